The normalized spacial score (nSPS) is 10.7. The van der Waals surface area contributed by atoms with E-state index >= 15 is 0 Å². The molecule has 0 bridgehead atoms. The third kappa shape index (κ3) is 5.85. The maximum Gasteiger partial charge on any atom is 0.236 e. The molecule has 3 nitrogen and oxygen atoms in total. The second kappa shape index (κ2) is 5.13. The number of amides is 1. The average Bonchev–Trinajstić information content (AvgIpc) is 1.86. The largest absolute Gasteiger partial charge is 0.291 e. The summed E-state index contributed by atoms with van der Waals surface area (Å²) in [6, 6.07) is 0. The lowest BCUT2D eigenvalue weighted by atomic mass is 10.2. The SMILES string of the molecule is CC(C)CNNC(=O)C(C)C. The Balaban J connectivity index is 3.32. The van der Waals surface area contributed by atoms with Crippen LogP contribution in [-0.4, -0.2) is 12.5 Å². The van der Waals surface area contributed by atoms with Crippen LogP contribution in [0.4, 0.5) is 0 Å². The molecule has 0 rings (SSSR count). The van der Waals surface area contributed by atoms with Gasteiger partial charge in [-0.05, 0) is 5.92 Å². The highest BCUT2D eigenvalue weighted by atomic mass is 16.2. The number of hydrogen-bond acceptors (Lipinski definition) is 2. The fraction of sp³-hybridized carbons (Fsp3) is 0.875. The third-order valence-corrected chi connectivity index (χ3v) is 1.25. The van der Waals surface area contributed by atoms with Gasteiger partial charge in [-0.25, -0.2) is 5.43 Å². The van der Waals surface area contributed by atoms with Gasteiger partial charge >= 0.3 is 0 Å². The fourth-order valence-corrected chi connectivity index (χ4v) is 0.487. The van der Waals surface area contributed by atoms with Crippen molar-refractivity contribution in [2.75, 3.05) is 6.54 Å². The van der Waals surface area contributed by atoms with Gasteiger partial charge in [0.05, 0.1) is 0 Å². The first-order valence-corrected chi connectivity index (χ1v) is 4.06. The van der Waals surface area contributed by atoms with Crippen LogP contribution in [0.3, 0.4) is 0 Å². The summed E-state index contributed by atoms with van der Waals surface area (Å²) in [5.74, 6) is 0.655. The van der Waals surface area contributed by atoms with Crippen LogP contribution < -0.4 is 10.9 Å². The molecule has 66 valence electrons. The van der Waals surface area contributed by atoms with E-state index in [0.29, 0.717) is 5.92 Å². The molecule has 0 aromatic rings. The minimum absolute atomic E-state index is 0.0469. The minimum atomic E-state index is 0.0469. The van der Waals surface area contributed by atoms with E-state index in [2.05, 4.69) is 24.7 Å². The molecule has 0 fully saturated rings. The average molecular weight is 158 g/mol. The summed E-state index contributed by atoms with van der Waals surface area (Å²) in [7, 11) is 0. The van der Waals surface area contributed by atoms with E-state index in [0.717, 1.165) is 6.54 Å². The number of hydrogen-bond donors (Lipinski definition) is 2. The molecule has 1 amide bonds. The smallest absolute Gasteiger partial charge is 0.236 e. The molecule has 0 radical (unpaired) electrons. The van der Waals surface area contributed by atoms with Gasteiger partial charge in [0.2, 0.25) is 5.91 Å². The molecule has 0 aromatic heterocycles. The summed E-state index contributed by atoms with van der Waals surface area (Å²) in [4.78, 5) is 11.0. The zero-order valence-electron chi connectivity index (χ0n) is 7.77. The monoisotopic (exact) mass is 158 g/mol. The molecular formula is C8H18N2O. The van der Waals surface area contributed by atoms with E-state index in [1.54, 1.807) is 0 Å². The van der Waals surface area contributed by atoms with Crippen molar-refractivity contribution in [1.29, 1.82) is 0 Å². The molecule has 3 heteroatoms. The number of carbonyl (C=O) groups is 1. The zero-order valence-corrected chi connectivity index (χ0v) is 7.77. The molecule has 0 aliphatic rings. The predicted molar refractivity (Wildman–Crippen MR) is 45.8 cm³/mol. The van der Waals surface area contributed by atoms with Gasteiger partial charge in [0.15, 0.2) is 0 Å². The van der Waals surface area contributed by atoms with Gasteiger partial charge in [-0.1, -0.05) is 27.7 Å². The lowest BCUT2D eigenvalue weighted by Crippen LogP contribution is -2.41. The molecule has 0 saturated heterocycles. The number of rotatable bonds is 4. The molecule has 2 N–H and O–H groups in total. The maximum absolute atomic E-state index is 11.0. The Hall–Kier alpha value is -0.570. The summed E-state index contributed by atoms with van der Waals surface area (Å²) in [5.41, 5.74) is 5.49. The molecule has 0 spiro atoms. The minimum Gasteiger partial charge on any atom is -0.291 e. The molecule has 0 heterocycles. The number of nitrogens with one attached hydrogen (secondary N) is 2. The summed E-state index contributed by atoms with van der Waals surface area (Å²) in [5, 5.41) is 0. The Morgan fingerprint density at radius 2 is 1.82 bits per heavy atom. The second-order valence-electron chi connectivity index (χ2n) is 3.42. The molecule has 0 saturated carbocycles. The highest BCUT2D eigenvalue weighted by Crippen LogP contribution is 1.89. The van der Waals surface area contributed by atoms with E-state index in [4.69, 9.17) is 0 Å². The third-order valence-electron chi connectivity index (χ3n) is 1.25. The van der Waals surface area contributed by atoms with Crippen molar-refractivity contribution in [3.05, 3.63) is 0 Å². The van der Waals surface area contributed by atoms with Crippen LogP contribution in [0.5, 0.6) is 0 Å². The van der Waals surface area contributed by atoms with Gasteiger partial charge in [-0.3, -0.25) is 10.2 Å². The van der Waals surface area contributed by atoms with E-state index < -0.39 is 0 Å². The topological polar surface area (TPSA) is 41.1 Å². The van der Waals surface area contributed by atoms with E-state index in [-0.39, 0.29) is 11.8 Å². The maximum atomic E-state index is 11.0. The Labute approximate surface area is 68.5 Å². The first-order chi connectivity index (χ1) is 5.04. The molecular weight excluding hydrogens is 140 g/mol. The van der Waals surface area contributed by atoms with Gasteiger partial charge in [0.25, 0.3) is 0 Å². The van der Waals surface area contributed by atoms with Gasteiger partial charge < -0.3 is 0 Å². The van der Waals surface area contributed by atoms with Crippen LogP contribution in [0.25, 0.3) is 0 Å². The van der Waals surface area contributed by atoms with Gasteiger partial charge in [-0.15, -0.1) is 0 Å². The van der Waals surface area contributed by atoms with Crippen LogP contribution in [0.15, 0.2) is 0 Å². The first-order valence-electron chi connectivity index (χ1n) is 4.06. The number of carbonyl (C=O) groups excluding carboxylic acids is 1. The van der Waals surface area contributed by atoms with Crippen molar-refractivity contribution >= 4 is 5.91 Å². The number of hydrazine groups is 1. The molecule has 0 aliphatic carbocycles. The van der Waals surface area contributed by atoms with Crippen LogP contribution in [0.1, 0.15) is 27.7 Å². The Morgan fingerprint density at radius 1 is 1.27 bits per heavy atom. The highest BCUT2D eigenvalue weighted by molar-refractivity contribution is 5.77. The predicted octanol–water partition coefficient (Wildman–Crippen LogP) is 0.919. The molecule has 11 heavy (non-hydrogen) atoms. The Bertz CT molecular complexity index is 121. The molecule has 0 unspecified atom stereocenters. The van der Waals surface area contributed by atoms with Crippen LogP contribution in [0, 0.1) is 11.8 Å². The van der Waals surface area contributed by atoms with Crippen molar-refractivity contribution in [3.63, 3.8) is 0 Å². The van der Waals surface area contributed by atoms with Crippen molar-refractivity contribution in [1.82, 2.24) is 10.9 Å². The van der Waals surface area contributed by atoms with E-state index in [1.165, 1.54) is 0 Å². The Morgan fingerprint density at radius 3 is 2.18 bits per heavy atom. The fourth-order valence-electron chi connectivity index (χ4n) is 0.487. The molecule has 0 atom stereocenters. The summed E-state index contributed by atoms with van der Waals surface area (Å²) in [6.07, 6.45) is 0. The van der Waals surface area contributed by atoms with Crippen LogP contribution in [0.2, 0.25) is 0 Å². The van der Waals surface area contributed by atoms with E-state index in [9.17, 15) is 4.79 Å². The van der Waals surface area contributed by atoms with Crippen molar-refractivity contribution in [2.45, 2.75) is 27.7 Å². The summed E-state index contributed by atoms with van der Waals surface area (Å²) < 4.78 is 0. The highest BCUT2D eigenvalue weighted by Gasteiger charge is 2.04. The van der Waals surface area contributed by atoms with Crippen LogP contribution >= 0.6 is 0 Å². The molecule has 0 aliphatic heterocycles. The Kier molecular flexibility index (Phi) is 4.86. The summed E-state index contributed by atoms with van der Waals surface area (Å²) >= 11 is 0. The van der Waals surface area contributed by atoms with Crippen molar-refractivity contribution < 1.29 is 4.79 Å². The lowest BCUT2D eigenvalue weighted by Gasteiger charge is -2.10. The van der Waals surface area contributed by atoms with Crippen molar-refractivity contribution in [3.8, 4) is 0 Å². The first kappa shape index (κ1) is 10.4. The lowest BCUT2D eigenvalue weighted by molar-refractivity contribution is -0.125. The zero-order chi connectivity index (χ0) is 8.85. The standard InChI is InChI=1S/C8H18N2O/c1-6(2)5-9-10-8(11)7(3)4/h6-7,9H,5H2,1-4H3,(H,10,11). The van der Waals surface area contributed by atoms with Gasteiger partial charge in [0, 0.05) is 12.5 Å². The van der Waals surface area contributed by atoms with Crippen molar-refractivity contribution in [2.24, 2.45) is 11.8 Å². The quantitative estimate of drug-likeness (QED) is 0.597. The van der Waals surface area contributed by atoms with Crippen LogP contribution in [-0.2, 0) is 4.79 Å². The van der Waals surface area contributed by atoms with Gasteiger partial charge in [0.1, 0.15) is 0 Å². The van der Waals surface area contributed by atoms with E-state index in [1.807, 2.05) is 13.8 Å². The molecule has 0 aromatic carbocycles. The summed E-state index contributed by atoms with van der Waals surface area (Å²) in [6.45, 7) is 8.74. The second-order valence-corrected chi connectivity index (χ2v) is 3.42. The van der Waals surface area contributed by atoms with Gasteiger partial charge in [-0.2, -0.15) is 0 Å².